The van der Waals surface area contributed by atoms with Crippen molar-refractivity contribution in [2.75, 3.05) is 25.9 Å². The Kier molecular flexibility index (Phi) is 5.71. The van der Waals surface area contributed by atoms with E-state index in [2.05, 4.69) is 18.0 Å². The summed E-state index contributed by atoms with van der Waals surface area (Å²) in [6, 6.07) is 11.6. The molecule has 108 valence electrons. The lowest BCUT2D eigenvalue weighted by atomic mass is 10.3. The topological polar surface area (TPSA) is 38.5 Å². The van der Waals surface area contributed by atoms with E-state index in [0.29, 0.717) is 12.3 Å². The molecule has 5 heteroatoms. The van der Waals surface area contributed by atoms with Crippen molar-refractivity contribution in [3.63, 3.8) is 0 Å². The van der Waals surface area contributed by atoms with E-state index in [1.54, 1.807) is 11.3 Å². The van der Waals surface area contributed by atoms with E-state index in [1.807, 2.05) is 30.3 Å². The molecule has 1 heterocycles. The summed E-state index contributed by atoms with van der Waals surface area (Å²) in [6.45, 7) is 2.57. The van der Waals surface area contributed by atoms with Crippen molar-refractivity contribution in [3.05, 3.63) is 45.6 Å². The van der Waals surface area contributed by atoms with Gasteiger partial charge in [-0.2, -0.15) is 0 Å². The average molecular weight is 311 g/mol. The molecule has 0 bridgehead atoms. The average Bonchev–Trinajstić information content (AvgIpc) is 2.82. The molecule has 0 unspecified atom stereocenters. The normalized spacial score (nSPS) is 10.9. The Morgan fingerprint density at radius 2 is 2.05 bits per heavy atom. The molecule has 0 radical (unpaired) electrons. The number of benzene rings is 1. The molecule has 1 aromatic carbocycles. The maximum atomic E-state index is 5.92. The molecular formula is C15H19ClN2OS. The number of rotatable bonds is 7. The summed E-state index contributed by atoms with van der Waals surface area (Å²) < 4.78 is 6.52. The summed E-state index contributed by atoms with van der Waals surface area (Å²) in [4.78, 5) is 3.55. The molecule has 20 heavy (non-hydrogen) atoms. The Hall–Kier alpha value is -1.23. The molecule has 2 rings (SSSR count). The van der Waals surface area contributed by atoms with Crippen LogP contribution in [0.2, 0.25) is 4.34 Å². The van der Waals surface area contributed by atoms with E-state index in [9.17, 15) is 0 Å². The SMILES string of the molecule is CN(CCCOc1ccccc1N)Cc1ccc(Cl)s1. The molecular weight excluding hydrogens is 292 g/mol. The fourth-order valence-electron chi connectivity index (χ4n) is 1.91. The minimum absolute atomic E-state index is 0.670. The second-order valence-electron chi connectivity index (χ2n) is 4.68. The third-order valence-electron chi connectivity index (χ3n) is 2.92. The standard InChI is InChI=1S/C15H19ClN2OS/c1-18(11-12-7-8-15(16)20-12)9-4-10-19-14-6-3-2-5-13(14)17/h2-3,5-8H,4,9-11,17H2,1H3. The Labute approximate surface area is 128 Å². The predicted molar refractivity (Wildman–Crippen MR) is 86.6 cm³/mol. The van der Waals surface area contributed by atoms with Gasteiger partial charge in [-0.25, -0.2) is 0 Å². The number of halogens is 1. The van der Waals surface area contributed by atoms with Crippen LogP contribution in [0.1, 0.15) is 11.3 Å². The number of hydrogen-bond acceptors (Lipinski definition) is 4. The number of nitrogen functional groups attached to an aromatic ring is 1. The summed E-state index contributed by atoms with van der Waals surface area (Å²) >= 11 is 7.55. The highest BCUT2D eigenvalue weighted by Crippen LogP contribution is 2.22. The minimum atomic E-state index is 0.670. The van der Waals surface area contributed by atoms with Gasteiger partial charge in [0.2, 0.25) is 0 Å². The molecule has 0 aliphatic rings. The van der Waals surface area contributed by atoms with Gasteiger partial charge in [0, 0.05) is 18.0 Å². The molecule has 0 aliphatic heterocycles. The fraction of sp³-hybridized carbons (Fsp3) is 0.333. The van der Waals surface area contributed by atoms with Crippen molar-refractivity contribution >= 4 is 28.6 Å². The molecule has 0 aliphatic carbocycles. The van der Waals surface area contributed by atoms with Gasteiger partial charge in [0.15, 0.2) is 0 Å². The van der Waals surface area contributed by atoms with Crippen molar-refractivity contribution < 1.29 is 4.74 Å². The number of ether oxygens (including phenoxy) is 1. The second-order valence-corrected chi connectivity index (χ2v) is 6.48. The summed E-state index contributed by atoms with van der Waals surface area (Å²) in [5, 5.41) is 0. The molecule has 2 N–H and O–H groups in total. The van der Waals surface area contributed by atoms with Crippen LogP contribution in [0, 0.1) is 0 Å². The van der Waals surface area contributed by atoms with Crippen molar-refractivity contribution in [3.8, 4) is 5.75 Å². The van der Waals surface area contributed by atoms with Gasteiger partial charge >= 0.3 is 0 Å². The van der Waals surface area contributed by atoms with E-state index in [-0.39, 0.29) is 0 Å². The molecule has 0 fully saturated rings. The lowest BCUT2D eigenvalue weighted by Crippen LogP contribution is -2.20. The van der Waals surface area contributed by atoms with Crippen LogP contribution in [0.3, 0.4) is 0 Å². The summed E-state index contributed by atoms with van der Waals surface area (Å²) in [7, 11) is 2.10. The zero-order chi connectivity index (χ0) is 14.4. The largest absolute Gasteiger partial charge is 0.491 e. The van der Waals surface area contributed by atoms with E-state index >= 15 is 0 Å². The summed E-state index contributed by atoms with van der Waals surface area (Å²) in [6.07, 6.45) is 0.962. The quantitative estimate of drug-likeness (QED) is 0.623. The second kappa shape index (κ2) is 7.53. The Morgan fingerprint density at radius 3 is 2.75 bits per heavy atom. The number of nitrogens with zero attached hydrogens (tertiary/aromatic N) is 1. The molecule has 0 atom stereocenters. The highest BCUT2D eigenvalue weighted by molar-refractivity contribution is 7.16. The monoisotopic (exact) mass is 310 g/mol. The van der Waals surface area contributed by atoms with Gasteiger partial charge in [-0.1, -0.05) is 23.7 Å². The minimum Gasteiger partial charge on any atom is -0.491 e. The first-order chi connectivity index (χ1) is 9.65. The lowest BCUT2D eigenvalue weighted by Gasteiger charge is -2.16. The third-order valence-corrected chi connectivity index (χ3v) is 4.13. The van der Waals surface area contributed by atoms with Crippen molar-refractivity contribution in [1.82, 2.24) is 4.90 Å². The van der Waals surface area contributed by atoms with Crippen LogP contribution in [0.15, 0.2) is 36.4 Å². The van der Waals surface area contributed by atoms with Gasteiger partial charge in [0.1, 0.15) is 5.75 Å². The third kappa shape index (κ3) is 4.71. The van der Waals surface area contributed by atoms with Crippen LogP contribution in [-0.2, 0) is 6.54 Å². The highest BCUT2D eigenvalue weighted by Gasteiger charge is 2.04. The zero-order valence-electron chi connectivity index (χ0n) is 11.5. The predicted octanol–water partition coefficient (Wildman–Crippen LogP) is 3.88. The van der Waals surface area contributed by atoms with E-state index < -0.39 is 0 Å². The van der Waals surface area contributed by atoms with Gasteiger partial charge in [0.25, 0.3) is 0 Å². The Balaban J connectivity index is 1.67. The van der Waals surface area contributed by atoms with Crippen molar-refractivity contribution in [2.24, 2.45) is 0 Å². The number of hydrogen-bond donors (Lipinski definition) is 1. The summed E-state index contributed by atoms with van der Waals surface area (Å²) in [5.74, 6) is 0.764. The van der Waals surface area contributed by atoms with Crippen LogP contribution in [0.4, 0.5) is 5.69 Å². The molecule has 3 nitrogen and oxygen atoms in total. The molecule has 0 saturated carbocycles. The van der Waals surface area contributed by atoms with Crippen LogP contribution in [-0.4, -0.2) is 25.1 Å². The molecule has 0 amide bonds. The first kappa shape index (κ1) is 15.2. The van der Waals surface area contributed by atoms with Gasteiger partial charge in [-0.3, -0.25) is 0 Å². The van der Waals surface area contributed by atoms with E-state index in [4.69, 9.17) is 22.1 Å². The molecule has 2 aromatic rings. The number of para-hydroxylation sites is 2. The van der Waals surface area contributed by atoms with Crippen LogP contribution < -0.4 is 10.5 Å². The van der Waals surface area contributed by atoms with E-state index in [1.165, 1.54) is 4.88 Å². The van der Waals surface area contributed by atoms with Gasteiger partial charge in [-0.05, 0) is 37.7 Å². The van der Waals surface area contributed by atoms with Crippen LogP contribution in [0.25, 0.3) is 0 Å². The zero-order valence-corrected chi connectivity index (χ0v) is 13.1. The number of anilines is 1. The first-order valence-electron chi connectivity index (χ1n) is 6.55. The summed E-state index contributed by atoms with van der Waals surface area (Å²) in [5.41, 5.74) is 6.51. The van der Waals surface area contributed by atoms with Crippen molar-refractivity contribution in [1.29, 1.82) is 0 Å². The maximum Gasteiger partial charge on any atom is 0.142 e. The van der Waals surface area contributed by atoms with Crippen LogP contribution >= 0.6 is 22.9 Å². The Morgan fingerprint density at radius 1 is 1.25 bits per heavy atom. The number of nitrogens with two attached hydrogens (primary N) is 1. The van der Waals surface area contributed by atoms with Crippen LogP contribution in [0.5, 0.6) is 5.75 Å². The molecule has 0 spiro atoms. The highest BCUT2D eigenvalue weighted by atomic mass is 35.5. The smallest absolute Gasteiger partial charge is 0.142 e. The molecule has 1 aromatic heterocycles. The molecule has 0 saturated heterocycles. The van der Waals surface area contributed by atoms with E-state index in [0.717, 1.165) is 29.6 Å². The van der Waals surface area contributed by atoms with Gasteiger partial charge in [-0.15, -0.1) is 11.3 Å². The number of thiophene rings is 1. The Bertz CT molecular complexity index is 544. The van der Waals surface area contributed by atoms with Crippen molar-refractivity contribution in [2.45, 2.75) is 13.0 Å². The van der Waals surface area contributed by atoms with Gasteiger partial charge < -0.3 is 15.4 Å². The first-order valence-corrected chi connectivity index (χ1v) is 7.74. The fourth-order valence-corrected chi connectivity index (χ4v) is 3.08. The maximum absolute atomic E-state index is 5.92. The van der Waals surface area contributed by atoms with Gasteiger partial charge in [0.05, 0.1) is 16.6 Å². The lowest BCUT2D eigenvalue weighted by molar-refractivity contribution is 0.260.